The maximum absolute atomic E-state index is 9.81. The Morgan fingerprint density at radius 1 is 1.50 bits per heavy atom. The lowest BCUT2D eigenvalue weighted by Gasteiger charge is -2.18. The Morgan fingerprint density at radius 3 is 2.81 bits per heavy atom. The zero-order valence-electron chi connectivity index (χ0n) is 9.11. The minimum Gasteiger partial charge on any atom is -0.389 e. The zero-order valence-corrected chi connectivity index (χ0v) is 11.3. The van der Waals surface area contributed by atoms with E-state index in [-0.39, 0.29) is 0 Å². The number of nitrogens with two attached hydrogens (primary N) is 1. The molecule has 2 rings (SSSR count). The van der Waals surface area contributed by atoms with Crippen LogP contribution in [0.5, 0.6) is 0 Å². The molecule has 2 aromatic rings. The molecule has 0 saturated heterocycles. The van der Waals surface area contributed by atoms with Crippen LogP contribution in [-0.4, -0.2) is 25.2 Å². The van der Waals surface area contributed by atoms with Crippen LogP contribution in [0.3, 0.4) is 0 Å². The van der Waals surface area contributed by atoms with Gasteiger partial charge in [0.1, 0.15) is 17.8 Å². The average Bonchev–Trinajstić information content (AvgIpc) is 2.42. The third-order valence-electron chi connectivity index (χ3n) is 2.19. The van der Waals surface area contributed by atoms with Gasteiger partial charge in [0, 0.05) is 9.77 Å². The molecule has 3 N–H and O–H groups in total. The molecule has 0 amide bonds. The third-order valence-corrected chi connectivity index (χ3v) is 3.01. The Hall–Kier alpha value is -0.890. The first-order chi connectivity index (χ1) is 7.38. The molecule has 0 aliphatic carbocycles. The lowest BCUT2D eigenvalue weighted by molar-refractivity contribution is 0.0626. The summed E-state index contributed by atoms with van der Waals surface area (Å²) in [6, 6.07) is 0. The standard InChI is InChI=1S/C10H13IN4O/c1-10(2,16)4-15-3-6(11)7-8(12)13-5-14-9(7)15/h3,5,16H,4H2,1-2H3,(H2,12,13,14). The molecule has 0 radical (unpaired) electrons. The maximum Gasteiger partial charge on any atom is 0.146 e. The fraction of sp³-hybridized carbons (Fsp3) is 0.400. The summed E-state index contributed by atoms with van der Waals surface area (Å²) < 4.78 is 2.89. The van der Waals surface area contributed by atoms with Gasteiger partial charge in [-0.1, -0.05) is 0 Å². The smallest absolute Gasteiger partial charge is 0.146 e. The van der Waals surface area contributed by atoms with Crippen LogP contribution < -0.4 is 5.73 Å². The normalized spacial score (nSPS) is 12.2. The highest BCUT2D eigenvalue weighted by Gasteiger charge is 2.18. The van der Waals surface area contributed by atoms with E-state index in [9.17, 15) is 5.11 Å². The van der Waals surface area contributed by atoms with E-state index in [1.165, 1.54) is 6.33 Å². The molecule has 86 valence electrons. The summed E-state index contributed by atoms with van der Waals surface area (Å²) in [5, 5.41) is 10.7. The number of halogens is 1. The molecule has 0 saturated carbocycles. The van der Waals surface area contributed by atoms with Gasteiger partial charge in [-0.3, -0.25) is 0 Å². The van der Waals surface area contributed by atoms with Crippen molar-refractivity contribution >= 4 is 39.4 Å². The number of aliphatic hydroxyl groups is 1. The monoisotopic (exact) mass is 332 g/mol. The highest BCUT2D eigenvalue weighted by molar-refractivity contribution is 14.1. The summed E-state index contributed by atoms with van der Waals surface area (Å²) in [5.41, 5.74) is 5.78. The average molecular weight is 332 g/mol. The highest BCUT2D eigenvalue weighted by atomic mass is 127. The van der Waals surface area contributed by atoms with Crippen molar-refractivity contribution in [2.75, 3.05) is 5.73 Å². The van der Waals surface area contributed by atoms with Crippen LogP contribution in [0.25, 0.3) is 11.0 Å². The molecule has 16 heavy (non-hydrogen) atoms. The van der Waals surface area contributed by atoms with E-state index in [0.29, 0.717) is 12.4 Å². The van der Waals surface area contributed by atoms with Gasteiger partial charge in [-0.05, 0) is 36.4 Å². The number of nitrogen functional groups attached to an aromatic ring is 1. The van der Waals surface area contributed by atoms with Crippen molar-refractivity contribution in [2.45, 2.75) is 26.0 Å². The number of aromatic nitrogens is 3. The van der Waals surface area contributed by atoms with Crippen LogP contribution in [0.15, 0.2) is 12.5 Å². The first kappa shape index (κ1) is 11.6. The number of hydrogen-bond donors (Lipinski definition) is 2. The van der Waals surface area contributed by atoms with Crippen molar-refractivity contribution in [3.8, 4) is 0 Å². The molecule has 6 heteroatoms. The number of fused-ring (bicyclic) bond motifs is 1. The van der Waals surface area contributed by atoms with Gasteiger partial charge in [0.2, 0.25) is 0 Å². The molecule has 0 fully saturated rings. The van der Waals surface area contributed by atoms with Gasteiger partial charge in [0.05, 0.1) is 17.5 Å². The lowest BCUT2D eigenvalue weighted by atomic mass is 10.1. The second-order valence-electron chi connectivity index (χ2n) is 4.37. The SMILES string of the molecule is CC(C)(O)Cn1cc(I)c2c(N)ncnc21. The van der Waals surface area contributed by atoms with Gasteiger partial charge in [-0.2, -0.15) is 0 Å². The molecule has 2 aromatic heterocycles. The largest absolute Gasteiger partial charge is 0.389 e. The lowest BCUT2D eigenvalue weighted by Crippen LogP contribution is -2.25. The number of anilines is 1. The van der Waals surface area contributed by atoms with Crippen molar-refractivity contribution in [1.29, 1.82) is 0 Å². The molecule has 5 nitrogen and oxygen atoms in total. The number of nitrogens with zero attached hydrogens (tertiary/aromatic N) is 3. The summed E-state index contributed by atoms with van der Waals surface area (Å²) in [4.78, 5) is 8.17. The van der Waals surface area contributed by atoms with Crippen LogP contribution in [0.2, 0.25) is 0 Å². The van der Waals surface area contributed by atoms with Crippen molar-refractivity contribution < 1.29 is 5.11 Å². The maximum atomic E-state index is 9.81. The third kappa shape index (κ3) is 2.12. The Bertz CT molecular complexity index is 529. The molecule has 0 atom stereocenters. The number of rotatable bonds is 2. The topological polar surface area (TPSA) is 77.0 Å². The van der Waals surface area contributed by atoms with E-state index in [0.717, 1.165) is 14.6 Å². The minimum atomic E-state index is -0.783. The minimum absolute atomic E-state index is 0.475. The van der Waals surface area contributed by atoms with Crippen LogP contribution in [-0.2, 0) is 6.54 Å². The molecule has 0 bridgehead atoms. The highest BCUT2D eigenvalue weighted by Crippen LogP contribution is 2.26. The van der Waals surface area contributed by atoms with E-state index in [1.807, 2.05) is 10.8 Å². The van der Waals surface area contributed by atoms with Crippen molar-refractivity contribution in [3.05, 3.63) is 16.1 Å². The first-order valence-corrected chi connectivity index (χ1v) is 5.93. The summed E-state index contributed by atoms with van der Waals surface area (Å²) in [6.07, 6.45) is 3.36. The summed E-state index contributed by atoms with van der Waals surface area (Å²) in [7, 11) is 0. The molecular weight excluding hydrogens is 319 g/mol. The van der Waals surface area contributed by atoms with Crippen molar-refractivity contribution in [1.82, 2.24) is 14.5 Å². The fourth-order valence-corrected chi connectivity index (χ4v) is 2.49. The van der Waals surface area contributed by atoms with Gasteiger partial charge in [0.25, 0.3) is 0 Å². The van der Waals surface area contributed by atoms with Crippen molar-refractivity contribution in [3.63, 3.8) is 0 Å². The quantitative estimate of drug-likeness (QED) is 0.815. The molecule has 0 aliphatic heterocycles. The Morgan fingerprint density at radius 2 is 2.19 bits per heavy atom. The van der Waals surface area contributed by atoms with Gasteiger partial charge in [-0.15, -0.1) is 0 Å². The second kappa shape index (κ2) is 3.85. The zero-order chi connectivity index (χ0) is 11.9. The van der Waals surface area contributed by atoms with Gasteiger partial charge >= 0.3 is 0 Å². The predicted molar refractivity (Wildman–Crippen MR) is 71.0 cm³/mol. The Labute approximate surface area is 107 Å². The molecular formula is C10H13IN4O. The molecule has 0 spiro atoms. The van der Waals surface area contributed by atoms with Gasteiger partial charge in [-0.25, -0.2) is 9.97 Å². The Balaban J connectivity index is 2.60. The predicted octanol–water partition coefficient (Wildman–Crippen LogP) is 1.39. The second-order valence-corrected chi connectivity index (χ2v) is 5.54. The van der Waals surface area contributed by atoms with E-state index in [4.69, 9.17) is 5.73 Å². The van der Waals surface area contributed by atoms with Crippen molar-refractivity contribution in [2.24, 2.45) is 0 Å². The molecule has 0 aliphatic rings. The van der Waals surface area contributed by atoms with Crippen LogP contribution in [0.4, 0.5) is 5.82 Å². The summed E-state index contributed by atoms with van der Waals surface area (Å²) in [5.74, 6) is 0.476. The molecule has 0 aromatic carbocycles. The summed E-state index contributed by atoms with van der Waals surface area (Å²) in [6.45, 7) is 4.00. The summed E-state index contributed by atoms with van der Waals surface area (Å²) >= 11 is 2.19. The van der Waals surface area contributed by atoms with Crippen LogP contribution in [0.1, 0.15) is 13.8 Å². The van der Waals surface area contributed by atoms with E-state index in [1.54, 1.807) is 13.8 Å². The molecule has 2 heterocycles. The fourth-order valence-electron chi connectivity index (χ4n) is 1.64. The first-order valence-electron chi connectivity index (χ1n) is 4.86. The Kier molecular flexibility index (Phi) is 2.79. The number of hydrogen-bond acceptors (Lipinski definition) is 4. The van der Waals surface area contributed by atoms with Crippen LogP contribution >= 0.6 is 22.6 Å². The van der Waals surface area contributed by atoms with E-state index >= 15 is 0 Å². The van der Waals surface area contributed by atoms with Gasteiger partial charge < -0.3 is 15.4 Å². The van der Waals surface area contributed by atoms with Crippen LogP contribution in [0, 0.1) is 3.57 Å². The van der Waals surface area contributed by atoms with E-state index < -0.39 is 5.60 Å². The van der Waals surface area contributed by atoms with E-state index in [2.05, 4.69) is 32.6 Å². The molecule has 0 unspecified atom stereocenters. The van der Waals surface area contributed by atoms with Gasteiger partial charge in [0.15, 0.2) is 0 Å².